The van der Waals surface area contributed by atoms with Gasteiger partial charge < -0.3 is 10.6 Å². The van der Waals surface area contributed by atoms with Crippen LogP contribution >= 0.6 is 0 Å². The minimum absolute atomic E-state index is 0.00491. The Bertz CT molecular complexity index is 279. The zero-order valence-electron chi connectivity index (χ0n) is 7.77. The second-order valence-electron chi connectivity index (χ2n) is 3.64. The van der Waals surface area contributed by atoms with Gasteiger partial charge in [-0.3, -0.25) is 0 Å². The molecule has 1 saturated heterocycles. The SMILES string of the molecule is CCC1(N)CN(c2ccncn2)C1. The van der Waals surface area contributed by atoms with E-state index in [1.165, 1.54) is 0 Å². The molecule has 2 N–H and O–H groups in total. The number of anilines is 1. The maximum Gasteiger partial charge on any atom is 0.132 e. The van der Waals surface area contributed by atoms with Gasteiger partial charge in [-0.15, -0.1) is 0 Å². The van der Waals surface area contributed by atoms with Gasteiger partial charge in [0.05, 0.1) is 5.54 Å². The average molecular weight is 178 g/mol. The van der Waals surface area contributed by atoms with E-state index in [0.717, 1.165) is 25.3 Å². The fourth-order valence-electron chi connectivity index (χ4n) is 1.57. The van der Waals surface area contributed by atoms with Gasteiger partial charge in [-0.05, 0) is 12.5 Å². The molecule has 1 fully saturated rings. The fourth-order valence-corrected chi connectivity index (χ4v) is 1.57. The van der Waals surface area contributed by atoms with Crippen molar-refractivity contribution in [2.24, 2.45) is 5.73 Å². The Morgan fingerprint density at radius 2 is 2.38 bits per heavy atom. The molecule has 0 aliphatic carbocycles. The lowest BCUT2D eigenvalue weighted by molar-refractivity contribution is 0.320. The third-order valence-electron chi connectivity index (χ3n) is 2.61. The highest BCUT2D eigenvalue weighted by Gasteiger charge is 2.38. The first-order valence-electron chi connectivity index (χ1n) is 4.53. The molecule has 0 aromatic carbocycles. The molecule has 0 bridgehead atoms. The van der Waals surface area contributed by atoms with E-state index in [1.807, 2.05) is 6.07 Å². The van der Waals surface area contributed by atoms with Crippen molar-refractivity contribution >= 4 is 5.82 Å². The first-order valence-corrected chi connectivity index (χ1v) is 4.53. The van der Waals surface area contributed by atoms with Crippen LogP contribution in [-0.2, 0) is 0 Å². The topological polar surface area (TPSA) is 55.0 Å². The van der Waals surface area contributed by atoms with Gasteiger partial charge in [0.25, 0.3) is 0 Å². The van der Waals surface area contributed by atoms with Crippen molar-refractivity contribution in [2.75, 3.05) is 18.0 Å². The predicted molar refractivity (Wildman–Crippen MR) is 51.5 cm³/mol. The largest absolute Gasteiger partial charge is 0.353 e. The van der Waals surface area contributed by atoms with Gasteiger partial charge in [-0.2, -0.15) is 0 Å². The summed E-state index contributed by atoms with van der Waals surface area (Å²) >= 11 is 0. The van der Waals surface area contributed by atoms with Gasteiger partial charge in [-0.1, -0.05) is 6.92 Å². The van der Waals surface area contributed by atoms with Crippen molar-refractivity contribution in [1.29, 1.82) is 0 Å². The fraction of sp³-hybridized carbons (Fsp3) is 0.556. The lowest BCUT2D eigenvalue weighted by atomic mass is 9.88. The molecule has 0 saturated carbocycles. The van der Waals surface area contributed by atoms with Gasteiger partial charge in [0.1, 0.15) is 12.1 Å². The Kier molecular flexibility index (Phi) is 1.92. The van der Waals surface area contributed by atoms with Gasteiger partial charge in [0, 0.05) is 19.3 Å². The summed E-state index contributed by atoms with van der Waals surface area (Å²) < 4.78 is 0. The standard InChI is InChI=1S/C9H14N4/c1-2-9(10)5-13(6-9)8-3-4-11-7-12-8/h3-4,7H,2,5-6,10H2,1H3. The lowest BCUT2D eigenvalue weighted by Crippen LogP contribution is -2.67. The van der Waals surface area contributed by atoms with E-state index in [9.17, 15) is 0 Å². The summed E-state index contributed by atoms with van der Waals surface area (Å²) in [5.41, 5.74) is 6.05. The van der Waals surface area contributed by atoms with Crippen molar-refractivity contribution in [2.45, 2.75) is 18.9 Å². The summed E-state index contributed by atoms with van der Waals surface area (Å²) in [7, 11) is 0. The zero-order chi connectivity index (χ0) is 9.31. The summed E-state index contributed by atoms with van der Waals surface area (Å²) in [6, 6.07) is 1.91. The first kappa shape index (κ1) is 8.44. The highest BCUT2D eigenvalue weighted by molar-refractivity contribution is 5.42. The highest BCUT2D eigenvalue weighted by Crippen LogP contribution is 2.25. The number of aromatic nitrogens is 2. The molecule has 1 aliphatic heterocycles. The molecule has 0 unspecified atom stereocenters. The third kappa shape index (κ3) is 1.49. The van der Waals surface area contributed by atoms with E-state index >= 15 is 0 Å². The quantitative estimate of drug-likeness (QED) is 0.712. The highest BCUT2D eigenvalue weighted by atomic mass is 15.3. The van der Waals surface area contributed by atoms with Crippen LogP contribution in [0.5, 0.6) is 0 Å². The molecule has 0 spiro atoms. The van der Waals surface area contributed by atoms with Crippen LogP contribution in [0, 0.1) is 0 Å². The van der Waals surface area contributed by atoms with E-state index in [4.69, 9.17) is 5.73 Å². The number of rotatable bonds is 2. The first-order chi connectivity index (χ1) is 6.23. The smallest absolute Gasteiger partial charge is 0.132 e. The minimum Gasteiger partial charge on any atom is -0.353 e. The molecule has 4 nitrogen and oxygen atoms in total. The van der Waals surface area contributed by atoms with Gasteiger partial charge in [-0.25, -0.2) is 9.97 Å². The van der Waals surface area contributed by atoms with E-state index in [1.54, 1.807) is 12.5 Å². The Morgan fingerprint density at radius 1 is 1.62 bits per heavy atom. The number of nitrogens with two attached hydrogens (primary N) is 1. The Morgan fingerprint density at radius 3 is 2.92 bits per heavy atom. The zero-order valence-corrected chi connectivity index (χ0v) is 7.77. The summed E-state index contributed by atoms with van der Waals surface area (Å²) in [6.07, 6.45) is 4.34. The summed E-state index contributed by atoms with van der Waals surface area (Å²) in [4.78, 5) is 10.2. The molecule has 1 aliphatic rings. The molecule has 13 heavy (non-hydrogen) atoms. The molecule has 0 amide bonds. The molecule has 1 aromatic heterocycles. The van der Waals surface area contributed by atoms with E-state index in [-0.39, 0.29) is 5.54 Å². The Hall–Kier alpha value is -1.16. The molecule has 0 atom stereocenters. The Balaban J connectivity index is 2.01. The van der Waals surface area contributed by atoms with Crippen LogP contribution in [0.2, 0.25) is 0 Å². The van der Waals surface area contributed by atoms with Crippen LogP contribution in [0.1, 0.15) is 13.3 Å². The summed E-state index contributed by atoms with van der Waals surface area (Å²) in [5, 5.41) is 0. The molecular weight excluding hydrogens is 164 g/mol. The number of hydrogen-bond donors (Lipinski definition) is 1. The molecule has 4 heteroatoms. The van der Waals surface area contributed by atoms with Crippen LogP contribution in [-0.4, -0.2) is 28.6 Å². The number of hydrogen-bond acceptors (Lipinski definition) is 4. The summed E-state index contributed by atoms with van der Waals surface area (Å²) in [5.74, 6) is 0.976. The molecule has 2 rings (SSSR count). The number of nitrogens with zero attached hydrogens (tertiary/aromatic N) is 3. The molecule has 0 radical (unpaired) electrons. The minimum atomic E-state index is 0.00491. The monoisotopic (exact) mass is 178 g/mol. The van der Waals surface area contributed by atoms with Crippen molar-refractivity contribution in [3.63, 3.8) is 0 Å². The van der Waals surface area contributed by atoms with Crippen LogP contribution < -0.4 is 10.6 Å². The van der Waals surface area contributed by atoms with Crippen LogP contribution in [0.4, 0.5) is 5.82 Å². The van der Waals surface area contributed by atoms with Crippen LogP contribution in [0.3, 0.4) is 0 Å². The van der Waals surface area contributed by atoms with E-state index in [2.05, 4.69) is 21.8 Å². The normalized spacial score (nSPS) is 19.7. The van der Waals surface area contributed by atoms with E-state index < -0.39 is 0 Å². The van der Waals surface area contributed by atoms with Crippen molar-refractivity contribution in [3.8, 4) is 0 Å². The predicted octanol–water partition coefficient (Wildman–Crippen LogP) is 0.404. The van der Waals surface area contributed by atoms with E-state index in [0.29, 0.717) is 0 Å². The average Bonchev–Trinajstić information content (AvgIpc) is 2.14. The van der Waals surface area contributed by atoms with Gasteiger partial charge in [0.15, 0.2) is 0 Å². The van der Waals surface area contributed by atoms with Crippen LogP contribution in [0.15, 0.2) is 18.6 Å². The van der Waals surface area contributed by atoms with Gasteiger partial charge in [0.2, 0.25) is 0 Å². The molecule has 70 valence electrons. The maximum atomic E-state index is 6.04. The van der Waals surface area contributed by atoms with Crippen molar-refractivity contribution in [1.82, 2.24) is 9.97 Å². The lowest BCUT2D eigenvalue weighted by Gasteiger charge is -2.48. The van der Waals surface area contributed by atoms with Crippen molar-refractivity contribution < 1.29 is 0 Å². The Labute approximate surface area is 77.8 Å². The maximum absolute atomic E-state index is 6.04. The molecule has 2 heterocycles. The van der Waals surface area contributed by atoms with Crippen LogP contribution in [0.25, 0.3) is 0 Å². The molecular formula is C9H14N4. The van der Waals surface area contributed by atoms with Crippen molar-refractivity contribution in [3.05, 3.63) is 18.6 Å². The second-order valence-corrected chi connectivity index (χ2v) is 3.64. The molecule has 1 aromatic rings. The third-order valence-corrected chi connectivity index (χ3v) is 2.61. The summed E-state index contributed by atoms with van der Waals surface area (Å²) in [6.45, 7) is 3.93. The van der Waals surface area contributed by atoms with Gasteiger partial charge >= 0.3 is 0 Å². The second kappa shape index (κ2) is 2.96.